The highest BCUT2D eigenvalue weighted by molar-refractivity contribution is 5.82. The molecule has 0 radical (unpaired) electrons. The van der Waals surface area contributed by atoms with Crippen molar-refractivity contribution in [3.05, 3.63) is 33.6 Å². The van der Waals surface area contributed by atoms with E-state index in [-0.39, 0.29) is 18.6 Å². The number of nitro benzene ring substituents is 1. The van der Waals surface area contributed by atoms with Gasteiger partial charge in [-0.15, -0.1) is 0 Å². The van der Waals surface area contributed by atoms with E-state index in [1.165, 1.54) is 0 Å². The summed E-state index contributed by atoms with van der Waals surface area (Å²) in [4.78, 5) is 31.2. The Morgan fingerprint density at radius 3 is 2.74 bits per heavy atom. The first-order valence-corrected chi connectivity index (χ1v) is 5.21. The standard InChI is InChI=1S/C11H10FNO6/c1-2-18-10(15)6-19-8-3-7(5-14)11(13(16)17)9(12)4-8/h3-5H,2,6H2,1H3. The van der Waals surface area contributed by atoms with Crippen molar-refractivity contribution in [3.63, 3.8) is 0 Å². The zero-order chi connectivity index (χ0) is 14.4. The van der Waals surface area contributed by atoms with Gasteiger partial charge in [-0.2, -0.15) is 4.39 Å². The summed E-state index contributed by atoms with van der Waals surface area (Å²) in [5.41, 5.74) is -1.40. The molecule has 0 aliphatic rings. The average Bonchev–Trinajstić information content (AvgIpc) is 2.35. The largest absolute Gasteiger partial charge is 0.482 e. The van der Waals surface area contributed by atoms with Crippen molar-refractivity contribution in [2.24, 2.45) is 0 Å². The van der Waals surface area contributed by atoms with Crippen LogP contribution in [0.1, 0.15) is 17.3 Å². The van der Waals surface area contributed by atoms with Gasteiger partial charge in [-0.3, -0.25) is 14.9 Å². The van der Waals surface area contributed by atoms with E-state index in [9.17, 15) is 24.1 Å². The summed E-state index contributed by atoms with van der Waals surface area (Å²) in [5.74, 6) is -2.05. The van der Waals surface area contributed by atoms with E-state index in [4.69, 9.17) is 4.74 Å². The number of hydrogen-bond donors (Lipinski definition) is 0. The highest BCUT2D eigenvalue weighted by Gasteiger charge is 2.22. The first-order chi connectivity index (χ1) is 8.99. The zero-order valence-corrected chi connectivity index (χ0v) is 9.92. The van der Waals surface area contributed by atoms with Gasteiger partial charge in [-0.1, -0.05) is 0 Å². The summed E-state index contributed by atoms with van der Waals surface area (Å²) < 4.78 is 22.9. The van der Waals surface area contributed by atoms with Gasteiger partial charge in [0.25, 0.3) is 0 Å². The maximum absolute atomic E-state index is 13.4. The molecule has 0 heterocycles. The number of benzene rings is 1. The van der Waals surface area contributed by atoms with Crippen LogP contribution in [-0.2, 0) is 9.53 Å². The molecule has 0 saturated carbocycles. The molecule has 19 heavy (non-hydrogen) atoms. The third kappa shape index (κ3) is 3.73. The van der Waals surface area contributed by atoms with E-state index in [0.29, 0.717) is 0 Å². The van der Waals surface area contributed by atoms with E-state index in [1.54, 1.807) is 6.92 Å². The molecule has 0 unspecified atom stereocenters. The van der Waals surface area contributed by atoms with Gasteiger partial charge in [0.2, 0.25) is 5.82 Å². The number of carbonyl (C=O) groups excluding carboxylic acids is 2. The van der Waals surface area contributed by atoms with Crippen LogP contribution in [0.25, 0.3) is 0 Å². The molecule has 7 nitrogen and oxygen atoms in total. The van der Waals surface area contributed by atoms with Crippen LogP contribution in [0.3, 0.4) is 0 Å². The number of nitro groups is 1. The van der Waals surface area contributed by atoms with Crippen LogP contribution in [0.2, 0.25) is 0 Å². The van der Waals surface area contributed by atoms with E-state index in [1.807, 2.05) is 0 Å². The Labute approximate surface area is 107 Å². The van der Waals surface area contributed by atoms with Crippen molar-refractivity contribution >= 4 is 17.9 Å². The molecule has 0 aromatic heterocycles. The minimum atomic E-state index is -1.21. The maximum atomic E-state index is 13.4. The number of halogens is 1. The summed E-state index contributed by atoms with van der Waals surface area (Å²) in [7, 11) is 0. The van der Waals surface area contributed by atoms with Crippen LogP contribution in [0.4, 0.5) is 10.1 Å². The molecule has 0 N–H and O–H groups in total. The van der Waals surface area contributed by atoms with Gasteiger partial charge in [-0.05, 0) is 13.0 Å². The van der Waals surface area contributed by atoms with Gasteiger partial charge in [0.15, 0.2) is 12.9 Å². The Morgan fingerprint density at radius 2 is 2.21 bits per heavy atom. The monoisotopic (exact) mass is 271 g/mol. The molecule has 0 bridgehead atoms. The third-order valence-electron chi connectivity index (χ3n) is 2.04. The van der Waals surface area contributed by atoms with Gasteiger partial charge in [0.05, 0.1) is 17.1 Å². The van der Waals surface area contributed by atoms with Gasteiger partial charge in [-0.25, -0.2) is 4.79 Å². The first-order valence-electron chi connectivity index (χ1n) is 5.21. The second-order valence-electron chi connectivity index (χ2n) is 3.31. The third-order valence-corrected chi connectivity index (χ3v) is 2.04. The topological polar surface area (TPSA) is 95.7 Å². The van der Waals surface area contributed by atoms with Gasteiger partial charge >= 0.3 is 11.7 Å². The quantitative estimate of drug-likeness (QED) is 0.336. The maximum Gasteiger partial charge on any atom is 0.344 e. The van der Waals surface area contributed by atoms with Gasteiger partial charge < -0.3 is 9.47 Å². The van der Waals surface area contributed by atoms with Crippen LogP contribution in [-0.4, -0.2) is 30.4 Å². The molecule has 0 aliphatic heterocycles. The smallest absolute Gasteiger partial charge is 0.344 e. The van der Waals surface area contributed by atoms with Crippen LogP contribution < -0.4 is 4.74 Å². The molecular weight excluding hydrogens is 261 g/mol. The van der Waals surface area contributed by atoms with E-state index >= 15 is 0 Å². The van der Waals surface area contributed by atoms with Gasteiger partial charge in [0.1, 0.15) is 5.75 Å². The van der Waals surface area contributed by atoms with Gasteiger partial charge in [0, 0.05) is 6.07 Å². The summed E-state index contributed by atoms with van der Waals surface area (Å²) in [6, 6.07) is 1.71. The Hall–Kier alpha value is -2.51. The number of aldehydes is 1. The Bertz CT molecular complexity index is 516. The highest BCUT2D eigenvalue weighted by Crippen LogP contribution is 2.26. The minimum absolute atomic E-state index is 0.137. The SMILES string of the molecule is CCOC(=O)COc1cc(F)c([N+](=O)[O-])c(C=O)c1. The molecule has 0 atom stereocenters. The second kappa shape index (κ2) is 6.43. The first kappa shape index (κ1) is 14.6. The summed E-state index contributed by atoms with van der Waals surface area (Å²) in [6.45, 7) is 1.29. The van der Waals surface area contributed by atoms with Crippen molar-refractivity contribution in [2.75, 3.05) is 13.2 Å². The number of hydrogen-bond acceptors (Lipinski definition) is 6. The average molecular weight is 271 g/mol. The predicted octanol–water partition coefficient (Wildman–Crippen LogP) is 1.49. The fraction of sp³-hybridized carbons (Fsp3) is 0.273. The normalized spacial score (nSPS) is 9.79. The number of esters is 1. The van der Waals surface area contributed by atoms with E-state index < -0.39 is 34.6 Å². The molecule has 0 spiro atoms. The lowest BCUT2D eigenvalue weighted by Crippen LogP contribution is -2.14. The van der Waals surface area contributed by atoms with Crippen LogP contribution in [0.5, 0.6) is 5.75 Å². The van der Waals surface area contributed by atoms with E-state index in [0.717, 1.165) is 12.1 Å². The minimum Gasteiger partial charge on any atom is -0.482 e. The molecule has 1 aromatic carbocycles. The molecule has 0 saturated heterocycles. The summed E-state index contributed by atoms with van der Waals surface area (Å²) >= 11 is 0. The molecule has 8 heteroatoms. The lowest BCUT2D eigenvalue weighted by atomic mass is 10.2. The number of ether oxygens (including phenoxy) is 2. The fourth-order valence-electron chi connectivity index (χ4n) is 1.31. The van der Waals surface area contributed by atoms with Crippen molar-refractivity contribution in [2.45, 2.75) is 6.92 Å². The summed E-state index contributed by atoms with van der Waals surface area (Å²) in [5, 5.41) is 10.6. The van der Waals surface area contributed by atoms with Crippen molar-refractivity contribution in [1.29, 1.82) is 0 Å². The lowest BCUT2D eigenvalue weighted by Gasteiger charge is -2.07. The van der Waals surface area contributed by atoms with Crippen molar-refractivity contribution in [1.82, 2.24) is 0 Å². The van der Waals surface area contributed by atoms with E-state index in [2.05, 4.69) is 4.74 Å². The summed E-state index contributed by atoms with van der Waals surface area (Å²) in [6.07, 6.45) is 0.137. The van der Waals surface area contributed by atoms with Crippen molar-refractivity contribution < 1.29 is 28.4 Å². The molecule has 0 fully saturated rings. The number of carbonyl (C=O) groups is 2. The highest BCUT2D eigenvalue weighted by atomic mass is 19.1. The molecule has 102 valence electrons. The van der Waals surface area contributed by atoms with Crippen LogP contribution >= 0.6 is 0 Å². The molecular formula is C11H10FNO6. The molecule has 1 aromatic rings. The fourth-order valence-corrected chi connectivity index (χ4v) is 1.31. The number of rotatable bonds is 6. The second-order valence-corrected chi connectivity index (χ2v) is 3.31. The zero-order valence-electron chi connectivity index (χ0n) is 9.92. The lowest BCUT2D eigenvalue weighted by molar-refractivity contribution is -0.387. The van der Waals surface area contributed by atoms with Crippen LogP contribution in [0.15, 0.2) is 12.1 Å². The Balaban J connectivity index is 2.93. The Morgan fingerprint density at radius 1 is 1.53 bits per heavy atom. The molecule has 0 amide bonds. The predicted molar refractivity (Wildman–Crippen MR) is 60.6 cm³/mol. The van der Waals surface area contributed by atoms with Crippen LogP contribution in [0, 0.1) is 15.9 Å². The Kier molecular flexibility index (Phi) is 4.92. The molecule has 1 rings (SSSR count). The number of nitrogens with zero attached hydrogens (tertiary/aromatic N) is 1. The molecule has 0 aliphatic carbocycles. The van der Waals surface area contributed by atoms with Crippen molar-refractivity contribution in [3.8, 4) is 5.75 Å².